The number of methoxy groups -OCH3 is 1. The van der Waals surface area contributed by atoms with Crippen molar-refractivity contribution in [2.45, 2.75) is 18.4 Å². The van der Waals surface area contributed by atoms with Crippen LogP contribution in [0.15, 0.2) is 48.4 Å². The van der Waals surface area contributed by atoms with Gasteiger partial charge in [0, 0.05) is 31.9 Å². The maximum atomic E-state index is 15.1. The number of anilines is 2. The first kappa shape index (κ1) is 24.4. The number of halogens is 2. The topological polar surface area (TPSA) is 90.2 Å². The maximum Gasteiger partial charge on any atom is 0.296 e. The minimum absolute atomic E-state index is 0.184. The molecule has 38 heavy (non-hydrogen) atoms. The maximum absolute atomic E-state index is 15.1. The van der Waals surface area contributed by atoms with E-state index in [1.165, 1.54) is 24.8 Å². The second-order valence-electron chi connectivity index (χ2n) is 9.37. The first-order chi connectivity index (χ1) is 18.3. The predicted molar refractivity (Wildman–Crippen MR) is 143 cm³/mol. The highest BCUT2D eigenvalue weighted by molar-refractivity contribution is 7.16. The lowest BCUT2D eigenvalue weighted by atomic mass is 10.0. The van der Waals surface area contributed by atoms with Gasteiger partial charge in [0.05, 0.1) is 45.8 Å². The van der Waals surface area contributed by atoms with E-state index < -0.39 is 12.0 Å². The number of aryl methyl sites for hydroxylation is 1. The molecule has 9 nitrogen and oxygen atoms in total. The van der Waals surface area contributed by atoms with Gasteiger partial charge < -0.3 is 19.7 Å². The van der Waals surface area contributed by atoms with Gasteiger partial charge in [-0.15, -0.1) is 16.4 Å². The van der Waals surface area contributed by atoms with Gasteiger partial charge in [-0.05, 0) is 42.9 Å². The average Bonchev–Trinajstić information content (AvgIpc) is 3.51. The molecule has 1 fully saturated rings. The molecule has 5 aromatic rings. The number of alkyl halides is 2. The van der Waals surface area contributed by atoms with Crippen molar-refractivity contribution in [3.05, 3.63) is 48.4 Å². The first-order valence-corrected chi connectivity index (χ1v) is 12.9. The number of fused-ring (bicyclic) bond motifs is 2. The Labute approximate surface area is 221 Å². The molecule has 0 radical (unpaired) electrons. The Kier molecular flexibility index (Phi) is 6.07. The van der Waals surface area contributed by atoms with Crippen LogP contribution in [0.3, 0.4) is 0 Å². The third-order valence-corrected chi connectivity index (χ3v) is 7.38. The number of ether oxygens (including phenoxy) is 2. The van der Waals surface area contributed by atoms with E-state index in [4.69, 9.17) is 9.47 Å². The fraction of sp³-hybridized carbons (Fsp3) is 0.308. The number of aromatic nitrogens is 5. The molecule has 6 rings (SSSR count). The van der Waals surface area contributed by atoms with Crippen LogP contribution in [0.2, 0.25) is 0 Å². The van der Waals surface area contributed by atoms with E-state index in [0.717, 1.165) is 15.9 Å². The van der Waals surface area contributed by atoms with Gasteiger partial charge >= 0.3 is 0 Å². The zero-order valence-electron chi connectivity index (χ0n) is 21.0. The molecule has 0 amide bonds. The summed E-state index contributed by atoms with van der Waals surface area (Å²) in [5.41, 5.74) is 5.39. The summed E-state index contributed by atoms with van der Waals surface area (Å²) in [6.07, 6.45) is 2.13. The van der Waals surface area contributed by atoms with Crippen LogP contribution < -0.4 is 14.8 Å². The van der Waals surface area contributed by atoms with E-state index in [1.807, 2.05) is 24.3 Å². The van der Waals surface area contributed by atoms with Crippen molar-refractivity contribution < 1.29 is 18.3 Å². The summed E-state index contributed by atoms with van der Waals surface area (Å²) < 4.78 is 44.4. The van der Waals surface area contributed by atoms with Gasteiger partial charge in [0.15, 0.2) is 6.10 Å². The molecule has 1 aliphatic rings. The zero-order chi connectivity index (χ0) is 26.4. The highest BCUT2D eigenvalue weighted by atomic mass is 32.1. The SMILES string of the molecule is COc1nn(C)cc1-c1cc(OC2CCN(C)CC2(F)F)c2c(Nc3ccc4ncsc4c3)ncnc2c1. The number of rotatable bonds is 6. The molecule has 3 aromatic heterocycles. The summed E-state index contributed by atoms with van der Waals surface area (Å²) >= 11 is 1.53. The summed E-state index contributed by atoms with van der Waals surface area (Å²) in [6.45, 7) is 0.132. The molecule has 12 heteroatoms. The number of hydrogen-bond acceptors (Lipinski definition) is 9. The van der Waals surface area contributed by atoms with Crippen LogP contribution in [-0.4, -0.2) is 68.9 Å². The van der Waals surface area contributed by atoms with E-state index >= 15 is 8.78 Å². The van der Waals surface area contributed by atoms with Crippen molar-refractivity contribution in [2.75, 3.05) is 32.6 Å². The summed E-state index contributed by atoms with van der Waals surface area (Å²) in [5, 5.41) is 8.18. The van der Waals surface area contributed by atoms with Gasteiger partial charge in [-0.1, -0.05) is 0 Å². The van der Waals surface area contributed by atoms with E-state index in [9.17, 15) is 0 Å². The smallest absolute Gasteiger partial charge is 0.296 e. The fourth-order valence-corrected chi connectivity index (χ4v) is 5.49. The van der Waals surface area contributed by atoms with E-state index in [0.29, 0.717) is 40.3 Å². The summed E-state index contributed by atoms with van der Waals surface area (Å²) in [7, 11) is 5.01. The average molecular weight is 538 g/mol. The Hall–Kier alpha value is -3.90. The molecule has 2 aromatic carbocycles. The minimum atomic E-state index is -3.03. The Morgan fingerprint density at radius 2 is 1.97 bits per heavy atom. The zero-order valence-corrected chi connectivity index (χ0v) is 21.8. The van der Waals surface area contributed by atoms with Gasteiger partial charge in [0.25, 0.3) is 5.92 Å². The molecule has 4 heterocycles. The van der Waals surface area contributed by atoms with Gasteiger partial charge in [-0.2, -0.15) is 0 Å². The Morgan fingerprint density at radius 3 is 2.79 bits per heavy atom. The number of thiazole rings is 1. The van der Waals surface area contributed by atoms with Crippen molar-refractivity contribution in [2.24, 2.45) is 7.05 Å². The highest BCUT2D eigenvalue weighted by Gasteiger charge is 2.45. The Bertz CT molecular complexity index is 1640. The van der Waals surface area contributed by atoms with E-state index in [2.05, 4.69) is 25.4 Å². The van der Waals surface area contributed by atoms with Gasteiger partial charge in [0.2, 0.25) is 5.88 Å². The number of nitrogens with one attached hydrogen (secondary N) is 1. The summed E-state index contributed by atoms with van der Waals surface area (Å²) in [6, 6.07) is 9.38. The van der Waals surface area contributed by atoms with Crippen LogP contribution in [0.4, 0.5) is 20.3 Å². The molecule has 1 saturated heterocycles. The van der Waals surface area contributed by atoms with Crippen molar-refractivity contribution in [1.29, 1.82) is 0 Å². The lowest BCUT2D eigenvalue weighted by Gasteiger charge is -2.36. The number of piperidine rings is 1. The fourth-order valence-electron chi connectivity index (χ4n) is 4.77. The van der Waals surface area contributed by atoms with E-state index in [1.54, 1.807) is 41.5 Å². The minimum Gasteiger partial charge on any atom is -0.483 e. The number of nitrogens with zero attached hydrogens (tertiary/aromatic N) is 6. The van der Waals surface area contributed by atoms with Crippen LogP contribution in [-0.2, 0) is 7.05 Å². The third-order valence-electron chi connectivity index (χ3n) is 6.59. The summed E-state index contributed by atoms with van der Waals surface area (Å²) in [4.78, 5) is 14.9. The van der Waals surface area contributed by atoms with Crippen molar-refractivity contribution in [3.8, 4) is 22.8 Å². The van der Waals surface area contributed by atoms with Crippen LogP contribution >= 0.6 is 11.3 Å². The number of benzene rings is 2. The van der Waals surface area contributed by atoms with Crippen molar-refractivity contribution >= 4 is 44.0 Å². The van der Waals surface area contributed by atoms with Crippen molar-refractivity contribution in [3.63, 3.8) is 0 Å². The molecular weight excluding hydrogens is 512 g/mol. The molecule has 1 aliphatic heterocycles. The van der Waals surface area contributed by atoms with Crippen molar-refractivity contribution in [1.82, 2.24) is 29.6 Å². The largest absolute Gasteiger partial charge is 0.483 e. The van der Waals surface area contributed by atoms with Crippen LogP contribution in [0.1, 0.15) is 6.42 Å². The van der Waals surface area contributed by atoms with Gasteiger partial charge in [-0.3, -0.25) is 4.68 Å². The molecule has 1 N–H and O–H groups in total. The second-order valence-corrected chi connectivity index (χ2v) is 10.3. The standard InChI is InChI=1S/C26H25F2N7O2S/c1-34-7-6-22(26(27,28)12-34)37-20-9-15(17-11-35(2)33-25(17)36-3)8-19-23(20)24(30-13-29-19)32-16-4-5-18-21(10-16)38-14-31-18/h4-5,8-11,13-14,22H,6-7,12H2,1-3H3,(H,29,30,32). The molecular formula is C26H25F2N7O2S. The Morgan fingerprint density at radius 1 is 1.11 bits per heavy atom. The molecule has 1 unspecified atom stereocenters. The van der Waals surface area contributed by atoms with Crippen LogP contribution in [0.25, 0.3) is 32.2 Å². The number of likely N-dealkylation sites (tertiary alicyclic amines) is 1. The predicted octanol–water partition coefficient (Wildman–Crippen LogP) is 5.11. The molecule has 196 valence electrons. The second kappa shape index (κ2) is 9.44. The number of hydrogen-bond donors (Lipinski definition) is 1. The Balaban J connectivity index is 1.49. The quantitative estimate of drug-likeness (QED) is 0.320. The summed E-state index contributed by atoms with van der Waals surface area (Å²) in [5.74, 6) is -1.90. The lowest BCUT2D eigenvalue weighted by Crippen LogP contribution is -2.52. The monoisotopic (exact) mass is 537 g/mol. The molecule has 0 bridgehead atoms. The van der Waals surface area contributed by atoms with E-state index in [-0.39, 0.29) is 18.7 Å². The third kappa shape index (κ3) is 4.50. The lowest BCUT2D eigenvalue weighted by molar-refractivity contribution is -0.134. The molecule has 0 saturated carbocycles. The van der Waals surface area contributed by atoms with Crippen LogP contribution in [0.5, 0.6) is 11.6 Å². The molecule has 0 spiro atoms. The molecule has 0 aliphatic carbocycles. The first-order valence-electron chi connectivity index (χ1n) is 12.0. The normalized spacial score (nSPS) is 17.7. The van der Waals surface area contributed by atoms with Gasteiger partial charge in [-0.25, -0.2) is 23.7 Å². The highest BCUT2D eigenvalue weighted by Crippen LogP contribution is 2.41. The van der Waals surface area contributed by atoms with Gasteiger partial charge in [0.1, 0.15) is 17.9 Å². The molecule has 1 atom stereocenters. The van der Waals surface area contributed by atoms with Crippen LogP contribution in [0, 0.1) is 0 Å².